The number of aromatic nitrogens is 1. The first-order valence-electron chi connectivity index (χ1n) is 18.2. The van der Waals surface area contributed by atoms with Gasteiger partial charge in [-0.15, -0.1) is 0 Å². The fourth-order valence-corrected chi connectivity index (χ4v) is 7.69. The molecule has 0 N–H and O–H groups in total. The summed E-state index contributed by atoms with van der Waals surface area (Å²) in [5.41, 5.74) is -1.43. The Hall–Kier alpha value is -3.39. The lowest BCUT2D eigenvalue weighted by Gasteiger charge is -2.41. The van der Waals surface area contributed by atoms with Gasteiger partial charge in [0.2, 0.25) is 5.88 Å². The van der Waals surface area contributed by atoms with E-state index < -0.39 is 45.3 Å². The van der Waals surface area contributed by atoms with Crippen LogP contribution >= 0.6 is 11.6 Å². The summed E-state index contributed by atoms with van der Waals surface area (Å²) in [6, 6.07) is 11.3. The first-order chi connectivity index (χ1) is 25.0. The second-order valence-corrected chi connectivity index (χ2v) is 18.3. The lowest BCUT2D eigenvalue weighted by Crippen LogP contribution is -2.40. The molecule has 0 saturated carbocycles. The zero-order valence-electron chi connectivity index (χ0n) is 32.5. The molecule has 1 saturated heterocycles. The maximum absolute atomic E-state index is 13.9. The van der Waals surface area contributed by atoms with Crippen molar-refractivity contribution in [2.45, 2.75) is 118 Å². The molecule has 1 fully saturated rings. The van der Waals surface area contributed by atoms with E-state index in [0.29, 0.717) is 55.4 Å². The number of piperidine rings is 1. The summed E-state index contributed by atoms with van der Waals surface area (Å²) in [4.78, 5) is 22.6. The van der Waals surface area contributed by atoms with E-state index in [1.165, 1.54) is 6.92 Å². The van der Waals surface area contributed by atoms with Crippen LogP contribution < -0.4 is 9.08 Å². The number of hydrogen-bond donors (Lipinski definition) is 0. The van der Waals surface area contributed by atoms with E-state index in [4.69, 9.17) is 25.3 Å². The molecule has 2 aromatic carbocycles. The Labute approximate surface area is 322 Å². The predicted molar refractivity (Wildman–Crippen MR) is 204 cm³/mol. The molecule has 1 unspecified atom stereocenters. The normalized spacial score (nSPS) is 17.3. The fraction of sp³-hybridized carbons (Fsp3) is 0.550. The van der Waals surface area contributed by atoms with Crippen LogP contribution in [0.5, 0.6) is 5.88 Å². The highest BCUT2D eigenvalue weighted by Crippen LogP contribution is 2.49. The SMILES string of the molecule is Cc1cccc(Cl)c1CN1CCc2cc(-c3c(OS(=O)(=O)C(F)(F)F)nc(C)c(C(OC(C)(C)C)C(=O)OC(C)C)c3N3CCC(C)(C)CC3)ccc2C1. The molecule has 3 heterocycles. The van der Waals surface area contributed by atoms with Crippen LogP contribution in [0, 0.1) is 19.3 Å². The van der Waals surface area contributed by atoms with Crippen LogP contribution in [0.2, 0.25) is 5.02 Å². The third-order valence-electron chi connectivity index (χ3n) is 9.89. The Morgan fingerprint density at radius 1 is 1.02 bits per heavy atom. The molecule has 0 bridgehead atoms. The zero-order chi connectivity index (χ0) is 40.0. The van der Waals surface area contributed by atoms with E-state index in [1.54, 1.807) is 40.7 Å². The minimum absolute atomic E-state index is 0.0277. The van der Waals surface area contributed by atoms with Gasteiger partial charge in [0.25, 0.3) is 0 Å². The first kappa shape index (κ1) is 41.8. The quantitative estimate of drug-likeness (QED) is 0.113. The molecular formula is C40H51ClF3N3O6S. The van der Waals surface area contributed by atoms with Gasteiger partial charge in [-0.05, 0) is 107 Å². The third kappa shape index (κ3) is 9.52. The molecule has 9 nitrogen and oxygen atoms in total. The van der Waals surface area contributed by atoms with Gasteiger partial charge in [0, 0.05) is 49.0 Å². The number of nitrogens with zero attached hydrogens (tertiary/aromatic N) is 3. The van der Waals surface area contributed by atoms with E-state index >= 15 is 0 Å². The number of rotatable bonds is 10. The molecule has 2 aliphatic rings. The van der Waals surface area contributed by atoms with Crippen LogP contribution in [0.1, 0.15) is 101 Å². The maximum atomic E-state index is 13.9. The number of halogens is 4. The van der Waals surface area contributed by atoms with Crippen molar-refractivity contribution in [3.05, 3.63) is 74.9 Å². The highest BCUT2D eigenvalue weighted by Gasteiger charge is 2.50. The average Bonchev–Trinajstić information content (AvgIpc) is 3.04. The number of carbonyl (C=O) groups excluding carboxylic acids is 1. The highest BCUT2D eigenvalue weighted by molar-refractivity contribution is 7.88. The lowest BCUT2D eigenvalue weighted by molar-refractivity contribution is -0.171. The number of ether oxygens (including phenoxy) is 2. The summed E-state index contributed by atoms with van der Waals surface area (Å²) >= 11 is 6.55. The van der Waals surface area contributed by atoms with Gasteiger partial charge in [-0.3, -0.25) is 4.90 Å². The van der Waals surface area contributed by atoms with Crippen LogP contribution in [0.4, 0.5) is 18.9 Å². The molecule has 0 radical (unpaired) electrons. The minimum atomic E-state index is -6.14. The molecule has 0 amide bonds. The van der Waals surface area contributed by atoms with Gasteiger partial charge >= 0.3 is 21.6 Å². The smallest absolute Gasteiger partial charge is 0.461 e. The van der Waals surface area contributed by atoms with Gasteiger partial charge in [-0.2, -0.15) is 21.6 Å². The monoisotopic (exact) mass is 793 g/mol. The van der Waals surface area contributed by atoms with Crippen molar-refractivity contribution < 1.29 is 40.0 Å². The molecule has 0 spiro atoms. The van der Waals surface area contributed by atoms with Crippen LogP contribution in [0.15, 0.2) is 36.4 Å². The van der Waals surface area contributed by atoms with Crippen LogP contribution in [-0.4, -0.2) is 61.1 Å². The van der Waals surface area contributed by atoms with Crippen molar-refractivity contribution in [2.24, 2.45) is 5.41 Å². The number of alkyl halides is 3. The van der Waals surface area contributed by atoms with Gasteiger partial charge in [0.15, 0.2) is 6.10 Å². The molecule has 1 aromatic heterocycles. The van der Waals surface area contributed by atoms with Crippen molar-refractivity contribution in [2.75, 3.05) is 24.5 Å². The Morgan fingerprint density at radius 2 is 1.69 bits per heavy atom. The summed E-state index contributed by atoms with van der Waals surface area (Å²) in [5.74, 6) is -1.43. The second-order valence-electron chi connectivity index (χ2n) is 16.3. The molecule has 14 heteroatoms. The van der Waals surface area contributed by atoms with Gasteiger partial charge in [0.1, 0.15) is 0 Å². The highest BCUT2D eigenvalue weighted by atomic mass is 35.5. The third-order valence-corrected chi connectivity index (χ3v) is 11.2. The molecular weight excluding hydrogens is 743 g/mol. The first-order valence-corrected chi connectivity index (χ1v) is 20.0. The van der Waals surface area contributed by atoms with Gasteiger partial charge < -0.3 is 18.6 Å². The van der Waals surface area contributed by atoms with Crippen LogP contribution in [0.25, 0.3) is 11.1 Å². The second kappa shape index (κ2) is 15.6. The lowest BCUT2D eigenvalue weighted by atomic mass is 9.82. The summed E-state index contributed by atoms with van der Waals surface area (Å²) in [6.45, 7) is 19.4. The van der Waals surface area contributed by atoms with E-state index in [-0.39, 0.29) is 22.2 Å². The number of esters is 1. The van der Waals surface area contributed by atoms with Crippen LogP contribution in [0.3, 0.4) is 0 Å². The van der Waals surface area contributed by atoms with Crippen molar-refractivity contribution in [1.29, 1.82) is 0 Å². The van der Waals surface area contributed by atoms with Crippen molar-refractivity contribution in [3.8, 4) is 17.0 Å². The molecule has 2 aliphatic heterocycles. The Balaban J connectivity index is 1.73. The molecule has 54 heavy (non-hydrogen) atoms. The largest absolute Gasteiger partial charge is 0.534 e. The van der Waals surface area contributed by atoms with E-state index in [1.807, 2.05) is 42.2 Å². The van der Waals surface area contributed by atoms with Gasteiger partial charge in [0.05, 0.1) is 23.0 Å². The number of pyridine rings is 1. The summed E-state index contributed by atoms with van der Waals surface area (Å²) < 4.78 is 84.2. The number of carbonyl (C=O) groups is 1. The van der Waals surface area contributed by atoms with Crippen molar-refractivity contribution in [1.82, 2.24) is 9.88 Å². The van der Waals surface area contributed by atoms with Gasteiger partial charge in [-0.25, -0.2) is 9.78 Å². The Bertz CT molecular complexity index is 1970. The van der Waals surface area contributed by atoms with E-state index in [2.05, 4.69) is 23.7 Å². The Morgan fingerprint density at radius 3 is 2.28 bits per heavy atom. The van der Waals surface area contributed by atoms with Gasteiger partial charge in [-0.1, -0.05) is 55.8 Å². The molecule has 296 valence electrons. The number of anilines is 1. The number of fused-ring (bicyclic) bond motifs is 1. The average molecular weight is 794 g/mol. The fourth-order valence-electron chi connectivity index (χ4n) is 6.99. The van der Waals surface area contributed by atoms with Crippen molar-refractivity contribution in [3.63, 3.8) is 0 Å². The molecule has 5 rings (SSSR count). The van der Waals surface area contributed by atoms with Crippen molar-refractivity contribution >= 4 is 33.4 Å². The number of hydrogen-bond acceptors (Lipinski definition) is 9. The van der Waals surface area contributed by atoms with E-state index in [9.17, 15) is 26.4 Å². The maximum Gasteiger partial charge on any atom is 0.534 e. The van der Waals surface area contributed by atoms with Crippen LogP contribution in [-0.2, 0) is 43.9 Å². The summed E-state index contributed by atoms with van der Waals surface area (Å²) in [6.07, 6.45) is 0.195. The standard InChI is InChI=1S/C40H51ClF3N3O6S/c1-24(2)51-37(48)35(52-38(5,6)7)32-26(4)45-36(53-54(49,50)40(42,43)44)33(34(32)47-19-16-39(8,9)17-20-47)28-13-14-29-22-46(18-15-27(29)21-28)23-30-25(3)11-10-12-31(30)41/h10-14,21,24,35H,15-20,22-23H2,1-9H3. The van der Waals surface area contributed by atoms with E-state index in [0.717, 1.165) is 35.1 Å². The number of aryl methyl sites for hydroxylation is 2. The summed E-state index contributed by atoms with van der Waals surface area (Å²) in [5, 5.41) is 0.694. The number of benzene rings is 2. The Kier molecular flexibility index (Phi) is 12.1. The molecule has 1 atom stereocenters. The minimum Gasteiger partial charge on any atom is -0.461 e. The summed E-state index contributed by atoms with van der Waals surface area (Å²) in [7, 11) is -6.14. The molecule has 0 aliphatic carbocycles. The topological polar surface area (TPSA) is 98.3 Å². The molecule has 3 aromatic rings. The zero-order valence-corrected chi connectivity index (χ0v) is 34.1. The predicted octanol–water partition coefficient (Wildman–Crippen LogP) is 9.24.